The van der Waals surface area contributed by atoms with Gasteiger partial charge in [0.15, 0.2) is 5.78 Å². The molecule has 0 saturated heterocycles. The van der Waals surface area contributed by atoms with E-state index < -0.39 is 5.60 Å². The zero-order valence-corrected chi connectivity index (χ0v) is 12.0. The molecule has 2 saturated carbocycles. The van der Waals surface area contributed by atoms with Gasteiger partial charge in [0.2, 0.25) is 0 Å². The first-order valence-electron chi connectivity index (χ1n) is 7.64. The summed E-state index contributed by atoms with van der Waals surface area (Å²) in [7, 11) is 0. The van der Waals surface area contributed by atoms with Crippen molar-refractivity contribution >= 4 is 11.8 Å². The largest absolute Gasteiger partial charge is 0.486 e. The predicted molar refractivity (Wildman–Crippen MR) is 75.1 cm³/mol. The van der Waals surface area contributed by atoms with E-state index in [0.29, 0.717) is 30.3 Å². The monoisotopic (exact) mass is 286 g/mol. The van der Waals surface area contributed by atoms with Crippen molar-refractivity contribution in [2.24, 2.45) is 17.8 Å². The summed E-state index contributed by atoms with van der Waals surface area (Å²) in [4.78, 5) is 24.4. The van der Waals surface area contributed by atoms with E-state index in [0.717, 1.165) is 12.8 Å². The van der Waals surface area contributed by atoms with Crippen LogP contribution in [0.1, 0.15) is 36.5 Å². The summed E-state index contributed by atoms with van der Waals surface area (Å²) < 4.78 is 11.4. The average Bonchev–Trinajstić information content (AvgIpc) is 3.12. The lowest BCUT2D eigenvalue weighted by atomic mass is 9.84. The van der Waals surface area contributed by atoms with Crippen LogP contribution < -0.4 is 4.74 Å². The maximum Gasteiger partial charge on any atom is 0.309 e. The normalized spacial score (nSPS) is 35.9. The van der Waals surface area contributed by atoms with Crippen molar-refractivity contribution in [2.45, 2.75) is 31.8 Å². The van der Waals surface area contributed by atoms with Gasteiger partial charge in [-0.15, -0.1) is 0 Å². The highest BCUT2D eigenvalue weighted by Gasteiger charge is 2.71. The minimum absolute atomic E-state index is 0.0724. The summed E-state index contributed by atoms with van der Waals surface area (Å²) in [5.74, 6) is 1.09. The molecular weight excluding hydrogens is 268 g/mol. The number of para-hydroxylation sites is 1. The minimum atomic E-state index is -0.479. The molecule has 1 aromatic carbocycles. The van der Waals surface area contributed by atoms with Crippen molar-refractivity contribution in [1.82, 2.24) is 0 Å². The van der Waals surface area contributed by atoms with Crippen LogP contribution in [-0.2, 0) is 9.53 Å². The molecule has 4 nitrogen and oxygen atoms in total. The fourth-order valence-electron chi connectivity index (χ4n) is 4.32. The van der Waals surface area contributed by atoms with Gasteiger partial charge in [0.05, 0.1) is 24.5 Å². The third kappa shape index (κ3) is 1.74. The van der Waals surface area contributed by atoms with Crippen LogP contribution in [0.5, 0.6) is 5.75 Å². The number of carbonyl (C=O) groups excluding carboxylic acids is 2. The van der Waals surface area contributed by atoms with Gasteiger partial charge in [-0.25, -0.2) is 0 Å². The van der Waals surface area contributed by atoms with Gasteiger partial charge in [0.1, 0.15) is 11.4 Å². The molecule has 2 aliphatic carbocycles. The van der Waals surface area contributed by atoms with E-state index >= 15 is 0 Å². The minimum Gasteiger partial charge on any atom is -0.486 e. The fourth-order valence-corrected chi connectivity index (χ4v) is 4.32. The van der Waals surface area contributed by atoms with E-state index in [-0.39, 0.29) is 23.6 Å². The lowest BCUT2D eigenvalue weighted by Crippen LogP contribution is -2.43. The summed E-state index contributed by atoms with van der Waals surface area (Å²) in [6, 6.07) is 7.40. The van der Waals surface area contributed by atoms with E-state index in [1.165, 1.54) is 0 Å². The summed E-state index contributed by atoms with van der Waals surface area (Å²) >= 11 is 0. The number of benzene rings is 1. The molecule has 2 fully saturated rings. The second kappa shape index (κ2) is 4.33. The Labute approximate surface area is 123 Å². The van der Waals surface area contributed by atoms with E-state index in [2.05, 4.69) is 0 Å². The van der Waals surface area contributed by atoms with Gasteiger partial charge in [-0.3, -0.25) is 9.59 Å². The number of rotatable bonds is 2. The quantitative estimate of drug-likeness (QED) is 0.784. The highest BCUT2D eigenvalue weighted by molar-refractivity contribution is 6.00. The summed E-state index contributed by atoms with van der Waals surface area (Å²) in [5.41, 5.74) is 0.188. The standard InChI is InChI=1S/C17H18O4/c1-2-20-16(19)14-11-7-8-17(15(11)14)9-12(18)10-5-3-4-6-13(10)21-17/h3-6,11,14-15H,2,7-9H2,1H3/t11-,14+,15+,17+/m0/s1. The van der Waals surface area contributed by atoms with E-state index in [1.54, 1.807) is 0 Å². The van der Waals surface area contributed by atoms with Crippen LogP contribution in [0, 0.1) is 17.8 Å². The molecule has 3 aliphatic rings. The SMILES string of the molecule is CCOC(=O)[C@@H]1[C@@H]2CC[C@@]3(CC(=O)c4ccccc4O3)[C@H]21. The van der Waals surface area contributed by atoms with Gasteiger partial charge in [-0.2, -0.15) is 0 Å². The second-order valence-electron chi connectivity index (χ2n) is 6.27. The molecule has 0 aromatic heterocycles. The molecular formula is C17H18O4. The first kappa shape index (κ1) is 12.9. The van der Waals surface area contributed by atoms with Crippen LogP contribution in [0.3, 0.4) is 0 Å². The van der Waals surface area contributed by atoms with Crippen LogP contribution in [0.15, 0.2) is 24.3 Å². The molecule has 0 radical (unpaired) electrons. The van der Waals surface area contributed by atoms with Crippen molar-refractivity contribution < 1.29 is 19.1 Å². The lowest BCUT2D eigenvalue weighted by Gasteiger charge is -2.36. The van der Waals surface area contributed by atoms with Gasteiger partial charge in [0, 0.05) is 5.92 Å². The molecule has 4 rings (SSSR count). The maximum atomic E-state index is 12.4. The molecule has 4 atom stereocenters. The van der Waals surface area contributed by atoms with Gasteiger partial charge < -0.3 is 9.47 Å². The van der Waals surface area contributed by atoms with Crippen LogP contribution >= 0.6 is 0 Å². The van der Waals surface area contributed by atoms with Crippen LogP contribution in [-0.4, -0.2) is 24.0 Å². The van der Waals surface area contributed by atoms with Gasteiger partial charge in [-0.05, 0) is 37.8 Å². The Morgan fingerprint density at radius 3 is 3.05 bits per heavy atom. The summed E-state index contributed by atoms with van der Waals surface area (Å²) in [5, 5.41) is 0. The number of ether oxygens (including phenoxy) is 2. The molecule has 0 bridgehead atoms. The predicted octanol–water partition coefficient (Wildman–Crippen LogP) is 2.61. The van der Waals surface area contributed by atoms with Gasteiger partial charge >= 0.3 is 5.97 Å². The number of hydrogen-bond donors (Lipinski definition) is 0. The summed E-state index contributed by atoms with van der Waals surface area (Å²) in [6.07, 6.45) is 2.20. The van der Waals surface area contributed by atoms with Crippen molar-refractivity contribution in [2.75, 3.05) is 6.61 Å². The van der Waals surface area contributed by atoms with Crippen LogP contribution in [0.4, 0.5) is 0 Å². The summed E-state index contributed by atoms with van der Waals surface area (Å²) in [6.45, 7) is 2.23. The zero-order valence-electron chi connectivity index (χ0n) is 12.0. The number of fused-ring (bicyclic) bond motifs is 3. The van der Waals surface area contributed by atoms with Crippen molar-refractivity contribution in [3.63, 3.8) is 0 Å². The Hall–Kier alpha value is -1.84. The molecule has 110 valence electrons. The number of ketones is 1. The first-order valence-corrected chi connectivity index (χ1v) is 7.64. The Balaban J connectivity index is 1.63. The lowest BCUT2D eigenvalue weighted by molar-refractivity contribution is -0.146. The fraction of sp³-hybridized carbons (Fsp3) is 0.529. The van der Waals surface area contributed by atoms with E-state index in [4.69, 9.17) is 9.47 Å². The smallest absolute Gasteiger partial charge is 0.309 e. The first-order chi connectivity index (χ1) is 10.2. The molecule has 0 unspecified atom stereocenters. The second-order valence-corrected chi connectivity index (χ2v) is 6.27. The topological polar surface area (TPSA) is 52.6 Å². The van der Waals surface area contributed by atoms with E-state index in [9.17, 15) is 9.59 Å². The third-order valence-corrected chi connectivity index (χ3v) is 5.20. The number of carbonyl (C=O) groups is 2. The molecule has 21 heavy (non-hydrogen) atoms. The van der Waals surface area contributed by atoms with Gasteiger partial charge in [0.25, 0.3) is 0 Å². The molecule has 1 aliphatic heterocycles. The Morgan fingerprint density at radius 2 is 2.24 bits per heavy atom. The molecule has 1 spiro atoms. The molecule has 1 heterocycles. The number of esters is 1. The Kier molecular flexibility index (Phi) is 2.65. The van der Waals surface area contributed by atoms with Gasteiger partial charge in [-0.1, -0.05) is 12.1 Å². The van der Waals surface area contributed by atoms with Crippen molar-refractivity contribution in [3.05, 3.63) is 29.8 Å². The highest BCUT2D eigenvalue weighted by atomic mass is 16.5. The molecule has 4 heteroatoms. The van der Waals surface area contributed by atoms with Crippen LogP contribution in [0.2, 0.25) is 0 Å². The van der Waals surface area contributed by atoms with Crippen molar-refractivity contribution in [3.8, 4) is 5.75 Å². The Morgan fingerprint density at radius 1 is 1.43 bits per heavy atom. The number of Topliss-reactive ketones (excluding diaryl/α,β-unsaturated/α-hetero) is 1. The zero-order chi connectivity index (χ0) is 14.6. The Bertz CT molecular complexity index is 623. The molecule has 1 aromatic rings. The molecule has 0 amide bonds. The highest BCUT2D eigenvalue weighted by Crippen LogP contribution is 2.65. The maximum absolute atomic E-state index is 12.4. The third-order valence-electron chi connectivity index (χ3n) is 5.20. The molecule has 0 N–H and O–H groups in total. The average molecular weight is 286 g/mol. The number of hydrogen-bond acceptors (Lipinski definition) is 4. The van der Waals surface area contributed by atoms with Crippen LogP contribution in [0.25, 0.3) is 0 Å². The van der Waals surface area contributed by atoms with E-state index in [1.807, 2.05) is 31.2 Å². The van der Waals surface area contributed by atoms with Crippen molar-refractivity contribution in [1.29, 1.82) is 0 Å².